The largest absolute Gasteiger partial charge is 0.484 e. The van der Waals surface area contributed by atoms with Crippen molar-refractivity contribution in [1.29, 1.82) is 0 Å². The molecular weight excluding hydrogens is 503 g/mol. The van der Waals surface area contributed by atoms with Crippen molar-refractivity contribution in [3.63, 3.8) is 0 Å². The van der Waals surface area contributed by atoms with E-state index in [4.69, 9.17) is 4.74 Å². The topological polar surface area (TPSA) is 74.8 Å². The molecule has 0 spiro atoms. The lowest BCUT2D eigenvalue weighted by atomic mass is 10.1. The summed E-state index contributed by atoms with van der Waals surface area (Å²) >= 11 is 0. The quantitative estimate of drug-likeness (QED) is 0.247. The number of hydrogen-bond acceptors (Lipinski definition) is 3. The van der Waals surface area contributed by atoms with Gasteiger partial charge in [-0.25, -0.2) is 4.99 Å². The van der Waals surface area contributed by atoms with Gasteiger partial charge in [0.15, 0.2) is 12.6 Å². The molecule has 1 saturated carbocycles. The fourth-order valence-corrected chi connectivity index (χ4v) is 2.93. The number of rotatable bonds is 10. The highest BCUT2D eigenvalue weighted by atomic mass is 127. The summed E-state index contributed by atoms with van der Waals surface area (Å²) in [7, 11) is 0. The van der Waals surface area contributed by atoms with Crippen LogP contribution in [-0.2, 0) is 17.8 Å². The molecule has 168 valence electrons. The van der Waals surface area contributed by atoms with E-state index in [0.717, 1.165) is 38.3 Å². The number of aliphatic imine (C=N–C) groups is 1. The molecule has 0 aliphatic heterocycles. The molecule has 7 heteroatoms. The first kappa shape index (κ1) is 25.0. The van der Waals surface area contributed by atoms with Crippen LogP contribution in [0.1, 0.15) is 36.5 Å². The van der Waals surface area contributed by atoms with Crippen LogP contribution in [0.25, 0.3) is 0 Å². The van der Waals surface area contributed by atoms with Crippen LogP contribution >= 0.6 is 24.0 Å². The number of ether oxygens (including phenoxy) is 1. The van der Waals surface area contributed by atoms with E-state index in [0.29, 0.717) is 18.3 Å². The summed E-state index contributed by atoms with van der Waals surface area (Å²) in [5.41, 5.74) is 3.65. The lowest BCUT2D eigenvalue weighted by Gasteiger charge is -2.12. The molecule has 2 aromatic carbocycles. The number of nitrogens with zero attached hydrogens (tertiary/aromatic N) is 1. The van der Waals surface area contributed by atoms with E-state index in [1.54, 1.807) is 0 Å². The summed E-state index contributed by atoms with van der Waals surface area (Å²) in [4.78, 5) is 16.4. The predicted octanol–water partition coefficient (Wildman–Crippen LogP) is 3.57. The molecule has 1 fully saturated rings. The molecule has 3 N–H and O–H groups in total. The fourth-order valence-electron chi connectivity index (χ4n) is 2.93. The number of hydrogen-bond donors (Lipinski definition) is 3. The highest BCUT2D eigenvalue weighted by molar-refractivity contribution is 14.0. The minimum absolute atomic E-state index is 0. The first-order valence-corrected chi connectivity index (χ1v) is 10.7. The van der Waals surface area contributed by atoms with Crippen LogP contribution < -0.4 is 20.7 Å². The van der Waals surface area contributed by atoms with Crippen LogP contribution in [0.15, 0.2) is 53.5 Å². The highest BCUT2D eigenvalue weighted by Gasteiger charge is 2.23. The van der Waals surface area contributed by atoms with Crippen LogP contribution in [0, 0.1) is 6.92 Å². The second-order valence-electron chi connectivity index (χ2n) is 7.63. The summed E-state index contributed by atoms with van der Waals surface area (Å²) in [5.74, 6) is 1.48. The van der Waals surface area contributed by atoms with E-state index < -0.39 is 0 Å². The van der Waals surface area contributed by atoms with Gasteiger partial charge in [-0.15, -0.1) is 24.0 Å². The lowest BCUT2D eigenvalue weighted by molar-refractivity contribution is -0.123. The SMILES string of the molecule is CCNC(=NCc1ccc(C)cc1)NCCc1ccc(OCC(=O)NC2CC2)cc1.I. The number of benzene rings is 2. The predicted molar refractivity (Wildman–Crippen MR) is 136 cm³/mol. The zero-order valence-electron chi connectivity index (χ0n) is 18.3. The van der Waals surface area contributed by atoms with Gasteiger partial charge < -0.3 is 20.7 Å². The Hall–Kier alpha value is -2.29. The third-order valence-electron chi connectivity index (χ3n) is 4.83. The summed E-state index contributed by atoms with van der Waals surface area (Å²) in [5, 5.41) is 9.59. The maximum Gasteiger partial charge on any atom is 0.258 e. The first-order chi connectivity index (χ1) is 14.6. The Labute approximate surface area is 202 Å². The molecule has 1 aliphatic rings. The molecule has 1 aliphatic carbocycles. The number of guanidine groups is 1. The van der Waals surface area contributed by atoms with Crippen molar-refractivity contribution in [1.82, 2.24) is 16.0 Å². The Morgan fingerprint density at radius 3 is 2.35 bits per heavy atom. The van der Waals surface area contributed by atoms with Crippen molar-refractivity contribution < 1.29 is 9.53 Å². The van der Waals surface area contributed by atoms with Gasteiger partial charge in [-0.2, -0.15) is 0 Å². The van der Waals surface area contributed by atoms with E-state index in [1.165, 1.54) is 16.7 Å². The van der Waals surface area contributed by atoms with Gasteiger partial charge in [0, 0.05) is 19.1 Å². The van der Waals surface area contributed by atoms with Crippen molar-refractivity contribution in [2.75, 3.05) is 19.7 Å². The van der Waals surface area contributed by atoms with E-state index in [2.05, 4.69) is 59.1 Å². The minimum Gasteiger partial charge on any atom is -0.484 e. The molecule has 0 unspecified atom stereocenters. The third-order valence-corrected chi connectivity index (χ3v) is 4.83. The Morgan fingerprint density at radius 2 is 1.71 bits per heavy atom. The van der Waals surface area contributed by atoms with Gasteiger partial charge in [-0.05, 0) is 56.4 Å². The van der Waals surface area contributed by atoms with Gasteiger partial charge in [0.1, 0.15) is 5.75 Å². The zero-order valence-corrected chi connectivity index (χ0v) is 20.6. The van der Waals surface area contributed by atoms with Crippen LogP contribution in [0.4, 0.5) is 0 Å². The molecule has 0 aromatic heterocycles. The van der Waals surface area contributed by atoms with E-state index in [9.17, 15) is 4.79 Å². The minimum atomic E-state index is -0.0494. The highest BCUT2D eigenvalue weighted by Crippen LogP contribution is 2.18. The standard InChI is InChI=1S/C24H32N4O2.HI/c1-3-25-24(27-16-20-6-4-18(2)5-7-20)26-15-14-19-8-12-22(13-9-19)30-17-23(29)28-21-10-11-21;/h4-9,12-13,21H,3,10-11,14-17H2,1-2H3,(H,28,29)(H2,25,26,27);1H. The molecule has 6 nitrogen and oxygen atoms in total. The molecule has 0 heterocycles. The van der Waals surface area contributed by atoms with Gasteiger partial charge in [-0.1, -0.05) is 42.0 Å². The molecule has 0 saturated heterocycles. The smallest absolute Gasteiger partial charge is 0.258 e. The van der Waals surface area contributed by atoms with E-state index in [1.807, 2.05) is 24.3 Å². The second-order valence-corrected chi connectivity index (χ2v) is 7.63. The van der Waals surface area contributed by atoms with Gasteiger partial charge in [0.2, 0.25) is 0 Å². The molecule has 0 bridgehead atoms. The van der Waals surface area contributed by atoms with Gasteiger partial charge in [0.25, 0.3) is 5.91 Å². The van der Waals surface area contributed by atoms with Crippen LogP contribution in [-0.4, -0.2) is 37.6 Å². The third kappa shape index (κ3) is 9.59. The number of carbonyl (C=O) groups excluding carboxylic acids is 1. The summed E-state index contributed by atoms with van der Waals surface area (Å²) in [6.07, 6.45) is 3.04. The molecule has 0 radical (unpaired) electrons. The Morgan fingerprint density at radius 1 is 1.03 bits per heavy atom. The van der Waals surface area contributed by atoms with Gasteiger partial charge >= 0.3 is 0 Å². The maximum absolute atomic E-state index is 11.7. The van der Waals surface area contributed by atoms with E-state index >= 15 is 0 Å². The monoisotopic (exact) mass is 536 g/mol. The Bertz CT molecular complexity index is 834. The summed E-state index contributed by atoms with van der Waals surface area (Å²) < 4.78 is 5.55. The normalized spacial score (nSPS) is 13.2. The average molecular weight is 536 g/mol. The Kier molecular flexibility index (Phi) is 10.6. The van der Waals surface area contributed by atoms with Crippen molar-refractivity contribution in [3.8, 4) is 5.75 Å². The number of amides is 1. The second kappa shape index (κ2) is 13.2. The first-order valence-electron chi connectivity index (χ1n) is 10.7. The summed E-state index contributed by atoms with van der Waals surface area (Å²) in [6.45, 7) is 6.47. The number of nitrogens with one attached hydrogen (secondary N) is 3. The van der Waals surface area contributed by atoms with Crippen LogP contribution in [0.3, 0.4) is 0 Å². The molecule has 3 rings (SSSR count). The summed E-state index contributed by atoms with van der Waals surface area (Å²) in [6, 6.07) is 16.7. The zero-order chi connectivity index (χ0) is 21.2. The molecule has 2 aromatic rings. The van der Waals surface area contributed by atoms with E-state index in [-0.39, 0.29) is 36.5 Å². The Balaban J connectivity index is 0.00000341. The number of carbonyl (C=O) groups is 1. The van der Waals surface area contributed by atoms with Gasteiger partial charge in [-0.3, -0.25) is 4.79 Å². The fraction of sp³-hybridized carbons (Fsp3) is 0.417. The molecule has 31 heavy (non-hydrogen) atoms. The average Bonchev–Trinajstić information content (AvgIpc) is 3.56. The van der Waals surface area contributed by atoms with Gasteiger partial charge in [0.05, 0.1) is 6.54 Å². The number of aryl methyl sites for hydroxylation is 1. The van der Waals surface area contributed by atoms with Crippen molar-refractivity contribution in [2.24, 2.45) is 4.99 Å². The van der Waals surface area contributed by atoms with Crippen molar-refractivity contribution >= 4 is 35.8 Å². The molecule has 0 atom stereocenters. The van der Waals surface area contributed by atoms with Crippen LogP contribution in [0.2, 0.25) is 0 Å². The maximum atomic E-state index is 11.7. The molecular formula is C24H33IN4O2. The van der Waals surface area contributed by atoms with Crippen molar-refractivity contribution in [3.05, 3.63) is 65.2 Å². The van der Waals surface area contributed by atoms with Crippen molar-refractivity contribution in [2.45, 2.75) is 45.7 Å². The lowest BCUT2D eigenvalue weighted by Crippen LogP contribution is -2.38. The van der Waals surface area contributed by atoms with Crippen LogP contribution in [0.5, 0.6) is 5.75 Å². The molecule has 1 amide bonds. The number of halogens is 1.